The maximum absolute atomic E-state index is 11.7. The van der Waals surface area contributed by atoms with E-state index in [4.69, 9.17) is 0 Å². The van der Waals surface area contributed by atoms with Crippen LogP contribution in [0, 0.1) is 0 Å². The van der Waals surface area contributed by atoms with Gasteiger partial charge in [-0.1, -0.05) is 30.4 Å². The first kappa shape index (κ1) is 13.0. The molecule has 2 aromatic rings. The molecular formula is C13H17N3OS. The van der Waals surface area contributed by atoms with Crippen LogP contribution >= 0.6 is 11.3 Å². The van der Waals surface area contributed by atoms with Crippen molar-refractivity contribution in [2.24, 2.45) is 0 Å². The van der Waals surface area contributed by atoms with Crippen molar-refractivity contribution in [1.82, 2.24) is 10.3 Å². The first-order valence-corrected chi connectivity index (χ1v) is 6.89. The molecule has 0 fully saturated rings. The molecule has 2 rings (SSSR count). The van der Waals surface area contributed by atoms with Crippen molar-refractivity contribution in [3.8, 4) is 0 Å². The Morgan fingerprint density at radius 1 is 1.44 bits per heavy atom. The lowest BCUT2D eigenvalue weighted by Crippen LogP contribution is -2.33. The largest absolute Gasteiger partial charge is 0.306 e. The molecular weight excluding hydrogens is 246 g/mol. The quantitative estimate of drug-likeness (QED) is 0.872. The average molecular weight is 263 g/mol. The zero-order valence-electron chi connectivity index (χ0n) is 10.6. The van der Waals surface area contributed by atoms with Gasteiger partial charge in [0.15, 0.2) is 5.13 Å². The van der Waals surface area contributed by atoms with Crippen LogP contribution < -0.4 is 10.6 Å². The van der Waals surface area contributed by atoms with E-state index in [0.29, 0.717) is 17.7 Å². The third kappa shape index (κ3) is 3.27. The molecule has 1 heterocycles. The normalized spacial score (nSPS) is 12.6. The summed E-state index contributed by atoms with van der Waals surface area (Å²) in [5.41, 5.74) is 0.924. The molecule has 0 saturated carbocycles. The van der Waals surface area contributed by atoms with Gasteiger partial charge in [0.05, 0.1) is 16.8 Å². The summed E-state index contributed by atoms with van der Waals surface area (Å²) in [7, 11) is 0. The summed E-state index contributed by atoms with van der Waals surface area (Å²) in [6.07, 6.45) is 1.01. The highest BCUT2D eigenvalue weighted by Gasteiger charge is 2.08. The van der Waals surface area contributed by atoms with E-state index in [0.717, 1.165) is 16.6 Å². The minimum Gasteiger partial charge on any atom is -0.306 e. The molecule has 2 N–H and O–H groups in total. The number of hydrogen-bond donors (Lipinski definition) is 2. The fourth-order valence-corrected chi connectivity index (χ4v) is 2.38. The number of carbonyl (C=O) groups is 1. The van der Waals surface area contributed by atoms with Crippen LogP contribution in [0.4, 0.5) is 5.13 Å². The first-order chi connectivity index (χ1) is 8.69. The summed E-state index contributed by atoms with van der Waals surface area (Å²) in [5, 5.41) is 6.63. The second-order valence-corrected chi connectivity index (χ2v) is 5.26. The van der Waals surface area contributed by atoms with Crippen LogP contribution in [0.15, 0.2) is 24.3 Å². The third-order valence-corrected chi connectivity index (χ3v) is 3.72. The van der Waals surface area contributed by atoms with Gasteiger partial charge in [-0.3, -0.25) is 4.79 Å². The number of amides is 1. The maximum Gasteiger partial charge on any atom is 0.240 e. The number of hydrogen-bond acceptors (Lipinski definition) is 4. The van der Waals surface area contributed by atoms with Crippen LogP contribution in [0.2, 0.25) is 0 Å². The second-order valence-electron chi connectivity index (χ2n) is 4.23. The fourth-order valence-electron chi connectivity index (χ4n) is 1.50. The Morgan fingerprint density at radius 2 is 2.22 bits per heavy atom. The molecule has 0 aliphatic heterocycles. The number of thiazole rings is 1. The van der Waals surface area contributed by atoms with Crippen molar-refractivity contribution in [3.05, 3.63) is 24.3 Å². The summed E-state index contributed by atoms with van der Waals surface area (Å²) in [4.78, 5) is 16.1. The number of carbonyl (C=O) groups excluding carboxylic acids is 1. The van der Waals surface area contributed by atoms with Crippen molar-refractivity contribution in [2.45, 2.75) is 26.3 Å². The number of anilines is 1. The van der Waals surface area contributed by atoms with Gasteiger partial charge in [0.25, 0.3) is 0 Å². The van der Waals surface area contributed by atoms with Crippen LogP contribution in [0.5, 0.6) is 0 Å². The summed E-state index contributed by atoms with van der Waals surface area (Å²) in [6, 6.07) is 8.21. The molecule has 96 valence electrons. The van der Waals surface area contributed by atoms with E-state index >= 15 is 0 Å². The zero-order chi connectivity index (χ0) is 13.0. The Morgan fingerprint density at radius 3 is 2.94 bits per heavy atom. The van der Waals surface area contributed by atoms with Crippen LogP contribution in [-0.2, 0) is 4.79 Å². The van der Waals surface area contributed by atoms with Gasteiger partial charge in [0.1, 0.15) is 0 Å². The number of para-hydroxylation sites is 1. The highest BCUT2D eigenvalue weighted by Crippen LogP contribution is 2.25. The monoisotopic (exact) mass is 263 g/mol. The summed E-state index contributed by atoms with van der Waals surface area (Å²) in [5.74, 6) is -0.0469. The van der Waals surface area contributed by atoms with Gasteiger partial charge in [-0.2, -0.15) is 0 Å². The van der Waals surface area contributed by atoms with Gasteiger partial charge in [-0.15, -0.1) is 0 Å². The number of fused-ring (bicyclic) bond motifs is 1. The van der Waals surface area contributed by atoms with Crippen molar-refractivity contribution in [2.75, 3.05) is 11.9 Å². The molecule has 1 amide bonds. The van der Waals surface area contributed by atoms with Crippen LogP contribution in [0.3, 0.4) is 0 Å². The molecule has 0 aliphatic carbocycles. The molecule has 1 atom stereocenters. The van der Waals surface area contributed by atoms with Crippen LogP contribution in [0.1, 0.15) is 20.3 Å². The molecule has 0 bridgehead atoms. The van der Waals surface area contributed by atoms with Crippen molar-refractivity contribution in [3.63, 3.8) is 0 Å². The van der Waals surface area contributed by atoms with Gasteiger partial charge < -0.3 is 10.6 Å². The Bertz CT molecular complexity index is 505. The molecule has 1 aromatic carbocycles. The highest BCUT2D eigenvalue weighted by molar-refractivity contribution is 7.22. The topological polar surface area (TPSA) is 54.0 Å². The Hall–Kier alpha value is -1.46. The minimum atomic E-state index is -0.0469. The Balaban J connectivity index is 1.94. The molecule has 0 spiro atoms. The van der Waals surface area contributed by atoms with Crippen molar-refractivity contribution in [1.29, 1.82) is 0 Å². The highest BCUT2D eigenvalue weighted by atomic mass is 32.1. The summed E-state index contributed by atoms with van der Waals surface area (Å²) >= 11 is 1.49. The van der Waals surface area contributed by atoms with E-state index in [-0.39, 0.29) is 5.91 Å². The number of nitrogens with zero attached hydrogens (tertiary/aromatic N) is 1. The number of nitrogens with one attached hydrogen (secondary N) is 2. The van der Waals surface area contributed by atoms with Gasteiger partial charge >= 0.3 is 0 Å². The lowest BCUT2D eigenvalue weighted by atomic mass is 10.2. The Kier molecular flexibility index (Phi) is 4.28. The maximum atomic E-state index is 11.7. The zero-order valence-corrected chi connectivity index (χ0v) is 11.4. The van der Waals surface area contributed by atoms with Gasteiger partial charge in [0, 0.05) is 6.04 Å². The second kappa shape index (κ2) is 5.93. The van der Waals surface area contributed by atoms with Crippen LogP contribution in [-0.4, -0.2) is 23.5 Å². The molecule has 1 aromatic heterocycles. The van der Waals surface area contributed by atoms with E-state index in [1.165, 1.54) is 11.3 Å². The SMILES string of the molecule is CCC(C)NCC(=O)Nc1nc2ccccc2s1. The molecule has 0 aliphatic rings. The van der Waals surface area contributed by atoms with E-state index in [9.17, 15) is 4.79 Å². The lowest BCUT2D eigenvalue weighted by Gasteiger charge is -2.09. The average Bonchev–Trinajstić information content (AvgIpc) is 2.77. The molecule has 0 saturated heterocycles. The molecule has 5 heteroatoms. The lowest BCUT2D eigenvalue weighted by molar-refractivity contribution is -0.115. The summed E-state index contributed by atoms with van der Waals surface area (Å²) < 4.78 is 1.09. The molecule has 4 nitrogen and oxygen atoms in total. The summed E-state index contributed by atoms with van der Waals surface area (Å²) in [6.45, 7) is 4.47. The van der Waals surface area contributed by atoms with E-state index in [1.54, 1.807) is 0 Å². The number of benzene rings is 1. The smallest absolute Gasteiger partial charge is 0.240 e. The van der Waals surface area contributed by atoms with Gasteiger partial charge in [0.2, 0.25) is 5.91 Å². The van der Waals surface area contributed by atoms with Gasteiger partial charge in [-0.05, 0) is 25.5 Å². The number of rotatable bonds is 5. The third-order valence-electron chi connectivity index (χ3n) is 2.76. The number of aromatic nitrogens is 1. The Labute approximate surface area is 110 Å². The van der Waals surface area contributed by atoms with Crippen molar-refractivity contribution < 1.29 is 4.79 Å². The standard InChI is InChI=1S/C13H17N3OS/c1-3-9(2)14-8-12(17)16-13-15-10-6-4-5-7-11(10)18-13/h4-7,9,14H,3,8H2,1-2H3,(H,15,16,17). The van der Waals surface area contributed by atoms with E-state index < -0.39 is 0 Å². The van der Waals surface area contributed by atoms with Crippen molar-refractivity contribution >= 4 is 32.6 Å². The van der Waals surface area contributed by atoms with E-state index in [1.807, 2.05) is 24.3 Å². The molecule has 0 radical (unpaired) electrons. The van der Waals surface area contributed by atoms with E-state index in [2.05, 4.69) is 29.5 Å². The first-order valence-electron chi connectivity index (χ1n) is 6.08. The fraction of sp³-hybridized carbons (Fsp3) is 0.385. The molecule has 18 heavy (non-hydrogen) atoms. The predicted octanol–water partition coefficient (Wildman–Crippen LogP) is 2.62. The molecule has 1 unspecified atom stereocenters. The van der Waals surface area contributed by atoms with Crippen LogP contribution in [0.25, 0.3) is 10.2 Å². The minimum absolute atomic E-state index is 0.0469. The van der Waals surface area contributed by atoms with Gasteiger partial charge in [-0.25, -0.2) is 4.98 Å². The predicted molar refractivity (Wildman–Crippen MR) is 76.0 cm³/mol.